The molecule has 0 amide bonds. The Bertz CT molecular complexity index is 602. The molecular weight excluding hydrogens is 272 g/mol. The van der Waals surface area contributed by atoms with Gasteiger partial charge in [-0.05, 0) is 23.6 Å². The van der Waals surface area contributed by atoms with Gasteiger partial charge in [0.15, 0.2) is 0 Å². The Morgan fingerprint density at radius 2 is 1.82 bits per heavy atom. The fourth-order valence-electron chi connectivity index (χ4n) is 2.31. The summed E-state index contributed by atoms with van der Waals surface area (Å²) >= 11 is 0. The Kier molecular flexibility index (Phi) is 6.72. The minimum Gasteiger partial charge on any atom is -0.491 e. The lowest BCUT2D eigenvalue weighted by molar-refractivity contribution is 0.146. The summed E-state index contributed by atoms with van der Waals surface area (Å²) in [7, 11) is 1.68. The van der Waals surface area contributed by atoms with Crippen LogP contribution in [-0.4, -0.2) is 20.3 Å². The molecule has 2 nitrogen and oxygen atoms in total. The molecule has 2 aromatic carbocycles. The average molecular weight is 296 g/mol. The fraction of sp³-hybridized carbons (Fsp3) is 0.300. The van der Waals surface area contributed by atoms with Gasteiger partial charge in [0.2, 0.25) is 0 Å². The van der Waals surface area contributed by atoms with Crippen LogP contribution in [0.3, 0.4) is 0 Å². The number of hydrogen-bond donors (Lipinski definition) is 0. The first-order valence-electron chi connectivity index (χ1n) is 7.81. The number of rotatable bonds is 8. The van der Waals surface area contributed by atoms with Gasteiger partial charge in [0.25, 0.3) is 0 Å². The number of ether oxygens (including phenoxy) is 2. The van der Waals surface area contributed by atoms with Gasteiger partial charge in [-0.3, -0.25) is 0 Å². The fourth-order valence-corrected chi connectivity index (χ4v) is 2.31. The van der Waals surface area contributed by atoms with E-state index in [1.165, 1.54) is 17.5 Å². The second-order valence-corrected chi connectivity index (χ2v) is 5.21. The van der Waals surface area contributed by atoms with Crippen molar-refractivity contribution in [2.45, 2.75) is 19.8 Å². The van der Waals surface area contributed by atoms with Crippen molar-refractivity contribution in [3.05, 3.63) is 65.2 Å². The number of aryl methyl sites for hydroxylation is 1. The smallest absolute Gasteiger partial charge is 0.126 e. The molecule has 2 rings (SSSR count). The third-order valence-electron chi connectivity index (χ3n) is 3.41. The highest BCUT2D eigenvalue weighted by Crippen LogP contribution is 2.21. The standard InChI is InChI=1S/C20H24O2/c1-3-7-17-8-6-9-18(16-17)12-13-19-10-4-5-11-20(19)22-15-14-21-2/h4-6,8-13,16H,3,7,14-15H2,1-2H3/b13-12-. The van der Waals surface area contributed by atoms with Crippen molar-refractivity contribution in [3.8, 4) is 5.75 Å². The van der Waals surface area contributed by atoms with Crippen LogP contribution < -0.4 is 4.74 Å². The Hall–Kier alpha value is -2.06. The van der Waals surface area contributed by atoms with Crippen molar-refractivity contribution in [3.63, 3.8) is 0 Å². The van der Waals surface area contributed by atoms with E-state index in [4.69, 9.17) is 9.47 Å². The van der Waals surface area contributed by atoms with Crippen molar-refractivity contribution in [2.24, 2.45) is 0 Å². The maximum Gasteiger partial charge on any atom is 0.126 e. The summed E-state index contributed by atoms with van der Waals surface area (Å²) in [6.45, 7) is 3.36. The minimum atomic E-state index is 0.563. The second-order valence-electron chi connectivity index (χ2n) is 5.21. The van der Waals surface area contributed by atoms with E-state index in [1.807, 2.05) is 18.2 Å². The molecule has 0 fully saturated rings. The first-order valence-corrected chi connectivity index (χ1v) is 7.81. The number of hydrogen-bond acceptors (Lipinski definition) is 2. The SMILES string of the molecule is CCCc1cccc(/C=C\c2ccccc2OCCOC)c1. The van der Waals surface area contributed by atoms with Crippen molar-refractivity contribution in [1.29, 1.82) is 0 Å². The molecule has 0 heterocycles. The Morgan fingerprint density at radius 1 is 0.955 bits per heavy atom. The highest BCUT2D eigenvalue weighted by molar-refractivity contribution is 5.72. The molecule has 0 atom stereocenters. The molecule has 2 aromatic rings. The third kappa shape index (κ3) is 5.05. The van der Waals surface area contributed by atoms with E-state index in [2.05, 4.69) is 49.4 Å². The van der Waals surface area contributed by atoms with Crippen molar-refractivity contribution in [1.82, 2.24) is 0 Å². The summed E-state index contributed by atoms with van der Waals surface area (Å²) in [6.07, 6.45) is 6.53. The molecule has 0 unspecified atom stereocenters. The molecule has 0 bridgehead atoms. The van der Waals surface area contributed by atoms with Gasteiger partial charge in [-0.15, -0.1) is 0 Å². The van der Waals surface area contributed by atoms with Crippen LogP contribution in [-0.2, 0) is 11.2 Å². The van der Waals surface area contributed by atoms with E-state index in [0.29, 0.717) is 13.2 Å². The summed E-state index contributed by atoms with van der Waals surface area (Å²) in [6, 6.07) is 16.7. The number of para-hydroxylation sites is 1. The highest BCUT2D eigenvalue weighted by Gasteiger charge is 1.99. The van der Waals surface area contributed by atoms with E-state index in [-0.39, 0.29) is 0 Å². The van der Waals surface area contributed by atoms with E-state index in [0.717, 1.165) is 17.7 Å². The lowest BCUT2D eigenvalue weighted by atomic mass is 10.1. The molecule has 116 valence electrons. The van der Waals surface area contributed by atoms with Crippen LogP contribution >= 0.6 is 0 Å². The third-order valence-corrected chi connectivity index (χ3v) is 3.41. The highest BCUT2D eigenvalue weighted by atomic mass is 16.5. The summed E-state index contributed by atoms with van der Waals surface area (Å²) in [5, 5.41) is 0. The van der Waals surface area contributed by atoms with Gasteiger partial charge in [0.05, 0.1) is 6.61 Å². The molecule has 0 N–H and O–H groups in total. The van der Waals surface area contributed by atoms with Gasteiger partial charge in [-0.2, -0.15) is 0 Å². The number of benzene rings is 2. The van der Waals surface area contributed by atoms with Crippen molar-refractivity contribution in [2.75, 3.05) is 20.3 Å². The van der Waals surface area contributed by atoms with Crippen LogP contribution in [0.15, 0.2) is 48.5 Å². The van der Waals surface area contributed by atoms with E-state index in [9.17, 15) is 0 Å². The predicted octanol–water partition coefficient (Wildman–Crippen LogP) is 4.83. The first kappa shape index (κ1) is 16.3. The van der Waals surface area contributed by atoms with Gasteiger partial charge < -0.3 is 9.47 Å². The molecule has 0 saturated heterocycles. The van der Waals surface area contributed by atoms with E-state index >= 15 is 0 Å². The monoisotopic (exact) mass is 296 g/mol. The summed E-state index contributed by atoms with van der Waals surface area (Å²) in [4.78, 5) is 0. The molecule has 0 aliphatic heterocycles. The van der Waals surface area contributed by atoms with Crippen LogP contribution in [0.2, 0.25) is 0 Å². The lowest BCUT2D eigenvalue weighted by Gasteiger charge is -2.08. The summed E-state index contributed by atoms with van der Waals surface area (Å²) in [5.74, 6) is 0.889. The molecule has 22 heavy (non-hydrogen) atoms. The van der Waals surface area contributed by atoms with Crippen LogP contribution in [0.4, 0.5) is 0 Å². The number of methoxy groups -OCH3 is 1. The molecule has 0 spiro atoms. The Morgan fingerprint density at radius 3 is 2.64 bits per heavy atom. The maximum absolute atomic E-state index is 5.75. The molecule has 2 heteroatoms. The van der Waals surface area contributed by atoms with Gasteiger partial charge in [0.1, 0.15) is 12.4 Å². The minimum absolute atomic E-state index is 0.563. The van der Waals surface area contributed by atoms with E-state index < -0.39 is 0 Å². The zero-order valence-electron chi connectivity index (χ0n) is 13.4. The average Bonchev–Trinajstić information content (AvgIpc) is 2.55. The second kappa shape index (κ2) is 9.06. The molecule has 0 aliphatic rings. The lowest BCUT2D eigenvalue weighted by Crippen LogP contribution is -2.04. The Labute approximate surface area is 133 Å². The van der Waals surface area contributed by atoms with Crippen LogP contribution in [0.1, 0.15) is 30.0 Å². The van der Waals surface area contributed by atoms with Gasteiger partial charge >= 0.3 is 0 Å². The Balaban J connectivity index is 2.10. The van der Waals surface area contributed by atoms with Gasteiger partial charge in [-0.25, -0.2) is 0 Å². The topological polar surface area (TPSA) is 18.5 Å². The zero-order valence-corrected chi connectivity index (χ0v) is 13.4. The van der Waals surface area contributed by atoms with Crippen LogP contribution in [0.25, 0.3) is 12.2 Å². The first-order chi connectivity index (χ1) is 10.8. The van der Waals surface area contributed by atoms with Gasteiger partial charge in [-0.1, -0.05) is 68.0 Å². The van der Waals surface area contributed by atoms with Crippen LogP contribution in [0.5, 0.6) is 5.75 Å². The van der Waals surface area contributed by atoms with Crippen molar-refractivity contribution >= 4 is 12.2 Å². The normalized spacial score (nSPS) is 11.0. The molecule has 0 aliphatic carbocycles. The predicted molar refractivity (Wildman–Crippen MR) is 93.2 cm³/mol. The molecule has 0 saturated carbocycles. The molecule has 0 aromatic heterocycles. The summed E-state index contributed by atoms with van der Waals surface area (Å²) < 4.78 is 10.8. The quantitative estimate of drug-likeness (QED) is 0.513. The largest absolute Gasteiger partial charge is 0.491 e. The van der Waals surface area contributed by atoms with Crippen molar-refractivity contribution < 1.29 is 9.47 Å². The molecule has 0 radical (unpaired) electrons. The van der Waals surface area contributed by atoms with E-state index in [1.54, 1.807) is 7.11 Å². The maximum atomic E-state index is 5.75. The zero-order chi connectivity index (χ0) is 15.6. The molecular formula is C20H24O2. The van der Waals surface area contributed by atoms with Crippen LogP contribution in [0, 0.1) is 0 Å². The summed E-state index contributed by atoms with van der Waals surface area (Å²) in [5.41, 5.74) is 3.69. The van der Waals surface area contributed by atoms with Gasteiger partial charge in [0, 0.05) is 12.7 Å².